The Bertz CT molecular complexity index is 654. The van der Waals surface area contributed by atoms with Crippen LogP contribution in [0.3, 0.4) is 0 Å². The summed E-state index contributed by atoms with van der Waals surface area (Å²) in [5.41, 5.74) is 0.818. The topological polar surface area (TPSA) is 65.2 Å². The summed E-state index contributed by atoms with van der Waals surface area (Å²) < 4.78 is 11.2. The highest BCUT2D eigenvalue weighted by Gasteiger charge is 2.31. The van der Waals surface area contributed by atoms with Gasteiger partial charge in [-0.05, 0) is 47.0 Å². The maximum atomic E-state index is 11.7. The molecule has 0 amide bonds. The Morgan fingerprint density at radius 3 is 2.95 bits per heavy atom. The highest BCUT2D eigenvalue weighted by molar-refractivity contribution is 9.10. The van der Waals surface area contributed by atoms with Crippen molar-refractivity contribution in [3.63, 3.8) is 0 Å². The summed E-state index contributed by atoms with van der Waals surface area (Å²) in [6.45, 7) is 0. The number of rotatable bonds is 3. The third-order valence-corrected chi connectivity index (χ3v) is 4.07. The number of carbonyl (C=O) groups excluding carboxylic acids is 1. The fourth-order valence-corrected chi connectivity index (χ4v) is 2.92. The van der Waals surface area contributed by atoms with E-state index in [1.165, 1.54) is 0 Å². The van der Waals surface area contributed by atoms with Gasteiger partial charge in [0, 0.05) is 12.0 Å². The smallest absolute Gasteiger partial charge is 0.237 e. The van der Waals surface area contributed by atoms with Gasteiger partial charge in [0.2, 0.25) is 11.7 Å². The van der Waals surface area contributed by atoms with Crippen LogP contribution < -0.4 is 4.74 Å². The van der Waals surface area contributed by atoms with Gasteiger partial charge < -0.3 is 9.26 Å². The molecular weight excluding hydrogens is 324 g/mol. The molecule has 6 heteroatoms. The van der Waals surface area contributed by atoms with Gasteiger partial charge in [0.05, 0.1) is 17.5 Å². The van der Waals surface area contributed by atoms with Crippen molar-refractivity contribution in [2.75, 3.05) is 7.11 Å². The molecule has 1 unspecified atom stereocenters. The van der Waals surface area contributed by atoms with Crippen LogP contribution in [0.25, 0.3) is 11.4 Å². The van der Waals surface area contributed by atoms with E-state index in [1.54, 1.807) is 7.11 Å². The maximum absolute atomic E-state index is 11.7. The van der Waals surface area contributed by atoms with E-state index in [9.17, 15) is 4.79 Å². The van der Waals surface area contributed by atoms with Gasteiger partial charge in [-0.1, -0.05) is 5.16 Å². The van der Waals surface area contributed by atoms with E-state index in [1.807, 2.05) is 18.2 Å². The number of halogens is 1. The molecule has 1 heterocycles. The van der Waals surface area contributed by atoms with Crippen molar-refractivity contribution in [1.82, 2.24) is 10.1 Å². The lowest BCUT2D eigenvalue weighted by molar-refractivity contribution is -0.119. The predicted octanol–water partition coefficient (Wildman–Crippen LogP) is 3.34. The van der Waals surface area contributed by atoms with Crippen LogP contribution in [-0.2, 0) is 4.79 Å². The Kier molecular flexibility index (Phi) is 3.56. The van der Waals surface area contributed by atoms with Gasteiger partial charge in [0.25, 0.3) is 0 Å². The summed E-state index contributed by atoms with van der Waals surface area (Å²) in [5, 5.41) is 3.96. The lowest BCUT2D eigenvalue weighted by Gasteiger charge is -2.03. The van der Waals surface area contributed by atoms with Gasteiger partial charge in [0.1, 0.15) is 11.5 Å². The maximum Gasteiger partial charge on any atom is 0.237 e. The third kappa shape index (κ3) is 2.35. The van der Waals surface area contributed by atoms with E-state index >= 15 is 0 Å². The number of ether oxygens (including phenoxy) is 1. The lowest BCUT2D eigenvalue weighted by Crippen LogP contribution is -2.04. The van der Waals surface area contributed by atoms with Gasteiger partial charge in [0.15, 0.2) is 0 Å². The van der Waals surface area contributed by atoms with Crippen molar-refractivity contribution >= 4 is 21.7 Å². The molecule has 1 fully saturated rings. The van der Waals surface area contributed by atoms with Crippen LogP contribution in [0.4, 0.5) is 0 Å². The molecule has 0 N–H and O–H groups in total. The van der Waals surface area contributed by atoms with E-state index < -0.39 is 0 Å². The van der Waals surface area contributed by atoms with Crippen molar-refractivity contribution in [1.29, 1.82) is 0 Å². The molecule has 104 valence electrons. The highest BCUT2D eigenvalue weighted by atomic mass is 79.9. The molecule has 2 aromatic rings. The Balaban J connectivity index is 1.90. The Labute approximate surface area is 124 Å². The second kappa shape index (κ2) is 5.36. The van der Waals surface area contributed by atoms with E-state index in [0.717, 1.165) is 28.6 Å². The van der Waals surface area contributed by atoms with E-state index in [2.05, 4.69) is 26.1 Å². The monoisotopic (exact) mass is 336 g/mol. The number of aromatic nitrogens is 2. The molecule has 0 saturated heterocycles. The zero-order chi connectivity index (χ0) is 14.1. The first-order valence-corrected chi connectivity index (χ1v) is 7.18. The van der Waals surface area contributed by atoms with Crippen LogP contribution in [0.15, 0.2) is 27.2 Å². The minimum absolute atomic E-state index is 0.191. The minimum atomic E-state index is -0.224. The van der Waals surface area contributed by atoms with Crippen LogP contribution in [0.5, 0.6) is 5.75 Å². The number of methoxy groups -OCH3 is 1. The number of carbonyl (C=O) groups is 1. The molecule has 0 bridgehead atoms. The molecule has 5 nitrogen and oxygen atoms in total. The molecule has 0 spiro atoms. The van der Waals surface area contributed by atoms with Crippen molar-refractivity contribution in [3.8, 4) is 17.1 Å². The van der Waals surface area contributed by atoms with Crippen LogP contribution in [0.1, 0.15) is 31.1 Å². The standard InChI is InChI=1S/C14H13BrN2O3/c1-19-12-6-5-8(7-10(12)15)13-16-14(20-17-13)9-3-2-4-11(9)18/h5-7,9H,2-4H2,1H3. The number of benzene rings is 1. The fraction of sp³-hybridized carbons (Fsp3) is 0.357. The molecule has 1 aromatic carbocycles. The highest BCUT2D eigenvalue weighted by Crippen LogP contribution is 2.33. The second-order valence-electron chi connectivity index (χ2n) is 4.72. The normalized spacial score (nSPS) is 18.5. The summed E-state index contributed by atoms with van der Waals surface area (Å²) >= 11 is 3.42. The Hall–Kier alpha value is -1.69. The molecule has 20 heavy (non-hydrogen) atoms. The zero-order valence-corrected chi connectivity index (χ0v) is 12.5. The molecule has 0 aliphatic heterocycles. The fourth-order valence-electron chi connectivity index (χ4n) is 2.38. The largest absolute Gasteiger partial charge is 0.496 e. The average molecular weight is 337 g/mol. The first-order chi connectivity index (χ1) is 9.69. The number of hydrogen-bond donors (Lipinski definition) is 0. The summed E-state index contributed by atoms with van der Waals surface area (Å²) in [4.78, 5) is 16.1. The van der Waals surface area contributed by atoms with Crippen molar-refractivity contribution in [2.24, 2.45) is 0 Å². The average Bonchev–Trinajstić information content (AvgIpc) is 3.07. The number of nitrogens with zero attached hydrogens (tertiary/aromatic N) is 2. The minimum Gasteiger partial charge on any atom is -0.496 e. The van der Waals surface area contributed by atoms with Crippen molar-refractivity contribution in [3.05, 3.63) is 28.6 Å². The summed E-state index contributed by atoms with van der Waals surface area (Å²) in [6, 6.07) is 5.55. The second-order valence-corrected chi connectivity index (χ2v) is 5.57. The quantitative estimate of drug-likeness (QED) is 0.859. The molecule has 1 aliphatic carbocycles. The number of hydrogen-bond acceptors (Lipinski definition) is 5. The molecule has 3 rings (SSSR count). The molecule has 1 aromatic heterocycles. The summed E-state index contributed by atoms with van der Waals surface area (Å²) in [5.74, 6) is 1.62. The summed E-state index contributed by atoms with van der Waals surface area (Å²) in [6.07, 6.45) is 2.30. The number of Topliss-reactive ketones (excluding diaryl/α,β-unsaturated/α-hetero) is 1. The van der Waals surface area contributed by atoms with E-state index in [4.69, 9.17) is 9.26 Å². The molecule has 0 radical (unpaired) electrons. The summed E-state index contributed by atoms with van der Waals surface area (Å²) in [7, 11) is 1.61. The molecule has 1 saturated carbocycles. The van der Waals surface area contributed by atoms with E-state index in [-0.39, 0.29) is 11.7 Å². The van der Waals surface area contributed by atoms with Gasteiger partial charge in [-0.25, -0.2) is 0 Å². The lowest BCUT2D eigenvalue weighted by atomic mass is 10.1. The van der Waals surface area contributed by atoms with Crippen LogP contribution in [0, 0.1) is 0 Å². The molecule has 1 aliphatic rings. The van der Waals surface area contributed by atoms with Crippen molar-refractivity contribution in [2.45, 2.75) is 25.2 Å². The zero-order valence-electron chi connectivity index (χ0n) is 10.9. The predicted molar refractivity (Wildman–Crippen MR) is 75.6 cm³/mol. The molecular formula is C14H13BrN2O3. The van der Waals surface area contributed by atoms with Gasteiger partial charge in [-0.3, -0.25) is 4.79 Å². The third-order valence-electron chi connectivity index (χ3n) is 3.45. The van der Waals surface area contributed by atoms with Crippen LogP contribution in [-0.4, -0.2) is 23.0 Å². The Morgan fingerprint density at radius 2 is 2.30 bits per heavy atom. The molecule has 1 atom stereocenters. The van der Waals surface area contributed by atoms with Crippen LogP contribution >= 0.6 is 15.9 Å². The first-order valence-electron chi connectivity index (χ1n) is 6.39. The van der Waals surface area contributed by atoms with Crippen molar-refractivity contribution < 1.29 is 14.1 Å². The van der Waals surface area contributed by atoms with Crippen LogP contribution in [0.2, 0.25) is 0 Å². The Morgan fingerprint density at radius 1 is 1.45 bits per heavy atom. The SMILES string of the molecule is COc1ccc(-c2noc(C3CCCC3=O)n2)cc1Br. The van der Waals surface area contributed by atoms with Gasteiger partial charge >= 0.3 is 0 Å². The van der Waals surface area contributed by atoms with Gasteiger partial charge in [-0.15, -0.1) is 0 Å². The van der Waals surface area contributed by atoms with Gasteiger partial charge in [-0.2, -0.15) is 4.98 Å². The first kappa shape index (κ1) is 13.3. The van der Waals surface area contributed by atoms with E-state index in [0.29, 0.717) is 18.1 Å². The number of ketones is 1.